The highest BCUT2D eigenvalue weighted by Crippen LogP contribution is 2.25. The molecule has 7 nitrogen and oxygen atoms in total. The first-order valence-corrected chi connectivity index (χ1v) is 11.3. The number of carbonyl (C=O) groups is 1. The molecule has 4 rings (SSSR count). The fraction of sp³-hybridized carbons (Fsp3) is 0.222. The summed E-state index contributed by atoms with van der Waals surface area (Å²) in [5.74, 6) is 0.314. The minimum Gasteiger partial charge on any atom is -0.373 e. The van der Waals surface area contributed by atoms with Crippen LogP contribution in [0.25, 0.3) is 11.3 Å². The second-order valence-electron chi connectivity index (χ2n) is 8.18. The minimum atomic E-state index is -0.172. The van der Waals surface area contributed by atoms with E-state index in [9.17, 15) is 4.79 Å². The molecule has 1 amide bonds. The highest BCUT2D eigenvalue weighted by molar-refractivity contribution is 5.99. The average molecular weight is 456 g/mol. The van der Waals surface area contributed by atoms with Crippen molar-refractivity contribution >= 4 is 23.2 Å². The van der Waals surface area contributed by atoms with Crippen molar-refractivity contribution < 1.29 is 9.53 Å². The number of nitrogens with one attached hydrogen (secondary N) is 2. The largest absolute Gasteiger partial charge is 0.373 e. The van der Waals surface area contributed by atoms with Crippen LogP contribution in [0.4, 0.5) is 17.3 Å². The van der Waals surface area contributed by atoms with E-state index in [4.69, 9.17) is 9.72 Å². The van der Waals surface area contributed by atoms with Crippen LogP contribution in [-0.2, 0) is 22.7 Å². The monoisotopic (exact) mass is 455 g/mol. The molecule has 0 aliphatic carbocycles. The lowest BCUT2D eigenvalue weighted by Gasteiger charge is -2.17. The number of anilines is 3. The zero-order valence-electron chi connectivity index (χ0n) is 19.5. The van der Waals surface area contributed by atoms with Crippen molar-refractivity contribution in [1.82, 2.24) is 14.9 Å². The van der Waals surface area contributed by atoms with Crippen molar-refractivity contribution in [2.45, 2.75) is 20.1 Å². The average Bonchev–Trinajstić information content (AvgIpc) is 2.81. The first-order chi connectivity index (χ1) is 16.6. The van der Waals surface area contributed by atoms with E-state index in [1.807, 2.05) is 43.3 Å². The first-order valence-electron chi connectivity index (χ1n) is 11.3. The molecule has 1 aliphatic rings. The Bertz CT molecular complexity index is 1210. The summed E-state index contributed by atoms with van der Waals surface area (Å²) in [6.45, 7) is 4.39. The lowest BCUT2D eigenvalue weighted by Crippen LogP contribution is -2.18. The zero-order chi connectivity index (χ0) is 23.8. The van der Waals surface area contributed by atoms with E-state index in [0.29, 0.717) is 31.4 Å². The molecule has 1 aromatic heterocycles. The van der Waals surface area contributed by atoms with Gasteiger partial charge < -0.3 is 15.4 Å². The van der Waals surface area contributed by atoms with Gasteiger partial charge in [0, 0.05) is 36.2 Å². The number of nitrogens with zero attached hydrogens (tertiary/aromatic N) is 3. The number of hydrogen-bond donors (Lipinski definition) is 2. The summed E-state index contributed by atoms with van der Waals surface area (Å²) in [6, 6.07) is 16.0. The molecule has 0 atom stereocenters. The van der Waals surface area contributed by atoms with Crippen LogP contribution in [0.2, 0.25) is 0 Å². The molecule has 0 saturated carbocycles. The maximum atomic E-state index is 12.2. The van der Waals surface area contributed by atoms with Gasteiger partial charge in [-0.25, -0.2) is 9.97 Å². The number of aromatic nitrogens is 2. The second-order valence-corrected chi connectivity index (χ2v) is 8.18. The number of allylic oxidation sites excluding steroid dienone is 1. The van der Waals surface area contributed by atoms with Crippen molar-refractivity contribution in [3.63, 3.8) is 0 Å². The summed E-state index contributed by atoms with van der Waals surface area (Å²) < 4.78 is 5.82. The molecular weight excluding hydrogens is 426 g/mol. The highest BCUT2D eigenvalue weighted by atomic mass is 16.5. The summed E-state index contributed by atoms with van der Waals surface area (Å²) in [4.78, 5) is 23.5. The molecule has 0 saturated heterocycles. The molecule has 0 spiro atoms. The Balaban J connectivity index is 1.70. The summed E-state index contributed by atoms with van der Waals surface area (Å²) in [6.07, 6.45) is 9.11. The van der Waals surface area contributed by atoms with Gasteiger partial charge in [0.15, 0.2) is 0 Å². The Morgan fingerprint density at radius 3 is 2.94 bits per heavy atom. The van der Waals surface area contributed by atoms with Crippen LogP contribution >= 0.6 is 0 Å². The molecule has 6 bridgehead atoms. The lowest BCUT2D eigenvalue weighted by molar-refractivity contribution is -0.111. The number of rotatable bonds is 2. The highest BCUT2D eigenvalue weighted by Gasteiger charge is 2.09. The van der Waals surface area contributed by atoms with Crippen LogP contribution in [0.15, 0.2) is 79.0 Å². The zero-order valence-corrected chi connectivity index (χ0v) is 19.5. The Hall–Kier alpha value is -3.81. The van der Waals surface area contributed by atoms with E-state index in [2.05, 4.69) is 51.8 Å². The predicted molar refractivity (Wildman–Crippen MR) is 136 cm³/mol. The van der Waals surface area contributed by atoms with Gasteiger partial charge >= 0.3 is 0 Å². The normalized spacial score (nSPS) is 15.7. The maximum absolute atomic E-state index is 12.2. The predicted octanol–water partition coefficient (Wildman–Crippen LogP) is 4.92. The minimum absolute atomic E-state index is 0.172. The van der Waals surface area contributed by atoms with Crippen molar-refractivity contribution in [2.24, 2.45) is 0 Å². The summed E-state index contributed by atoms with van der Waals surface area (Å²) in [7, 11) is 2.06. The molecule has 34 heavy (non-hydrogen) atoms. The Labute approximate surface area is 200 Å². The van der Waals surface area contributed by atoms with Gasteiger partial charge in [-0.3, -0.25) is 9.69 Å². The Kier molecular flexibility index (Phi) is 7.80. The molecule has 3 aromatic rings. The van der Waals surface area contributed by atoms with Crippen LogP contribution in [0.3, 0.4) is 0 Å². The van der Waals surface area contributed by atoms with Gasteiger partial charge in [-0.2, -0.15) is 0 Å². The number of ether oxygens (including phenoxy) is 1. The van der Waals surface area contributed by atoms with Gasteiger partial charge in [0.2, 0.25) is 11.9 Å². The van der Waals surface area contributed by atoms with Crippen LogP contribution in [0, 0.1) is 0 Å². The number of fused-ring (bicyclic) bond motifs is 7. The molecule has 2 aromatic carbocycles. The van der Waals surface area contributed by atoms with E-state index in [1.165, 1.54) is 6.08 Å². The van der Waals surface area contributed by atoms with E-state index < -0.39 is 0 Å². The third-order valence-electron chi connectivity index (χ3n) is 5.23. The van der Waals surface area contributed by atoms with E-state index in [1.54, 1.807) is 12.3 Å². The number of likely N-dealkylation sites (N-methyl/N-ethyl adjacent to an activating group) is 1. The molecule has 2 N–H and O–H groups in total. The number of benzene rings is 2. The van der Waals surface area contributed by atoms with Crippen LogP contribution < -0.4 is 10.6 Å². The molecule has 0 unspecified atom stereocenters. The van der Waals surface area contributed by atoms with Gasteiger partial charge in [-0.05, 0) is 61.5 Å². The number of amides is 1. The quantitative estimate of drug-likeness (QED) is 0.422. The van der Waals surface area contributed by atoms with Crippen molar-refractivity contribution in [3.05, 3.63) is 90.2 Å². The number of hydrogen-bond acceptors (Lipinski definition) is 6. The van der Waals surface area contributed by atoms with E-state index in [0.717, 1.165) is 34.6 Å². The van der Waals surface area contributed by atoms with Gasteiger partial charge in [-0.15, -0.1) is 0 Å². The lowest BCUT2D eigenvalue weighted by atomic mass is 10.1. The maximum Gasteiger partial charge on any atom is 0.248 e. The molecule has 1 aliphatic heterocycles. The molecule has 174 valence electrons. The molecule has 2 heterocycles. The fourth-order valence-electron chi connectivity index (χ4n) is 3.74. The summed E-state index contributed by atoms with van der Waals surface area (Å²) in [5, 5.41) is 6.24. The third kappa shape index (κ3) is 6.60. The smallest absolute Gasteiger partial charge is 0.248 e. The van der Waals surface area contributed by atoms with Crippen LogP contribution in [0.1, 0.15) is 18.1 Å². The second kappa shape index (κ2) is 11.4. The van der Waals surface area contributed by atoms with Crippen molar-refractivity contribution in [3.8, 4) is 11.3 Å². The topological polar surface area (TPSA) is 79.4 Å². The fourth-order valence-corrected chi connectivity index (χ4v) is 3.74. The summed E-state index contributed by atoms with van der Waals surface area (Å²) >= 11 is 0. The van der Waals surface area contributed by atoms with Crippen molar-refractivity contribution in [1.29, 1.82) is 0 Å². The summed E-state index contributed by atoms with van der Waals surface area (Å²) in [5.41, 5.74) is 5.47. The third-order valence-corrected chi connectivity index (χ3v) is 5.23. The van der Waals surface area contributed by atoms with Gasteiger partial charge in [0.05, 0.1) is 18.9 Å². The Morgan fingerprint density at radius 2 is 2.06 bits per heavy atom. The van der Waals surface area contributed by atoms with Gasteiger partial charge in [0.1, 0.15) is 0 Å². The first kappa shape index (κ1) is 23.4. The molecule has 0 fully saturated rings. The van der Waals surface area contributed by atoms with Gasteiger partial charge in [-0.1, -0.05) is 36.4 Å². The van der Waals surface area contributed by atoms with Crippen LogP contribution in [0.5, 0.6) is 0 Å². The van der Waals surface area contributed by atoms with Crippen LogP contribution in [-0.4, -0.2) is 41.0 Å². The van der Waals surface area contributed by atoms with E-state index in [-0.39, 0.29) is 5.91 Å². The molecule has 7 heteroatoms. The van der Waals surface area contributed by atoms with Crippen molar-refractivity contribution in [2.75, 3.05) is 30.8 Å². The molecular formula is C27H29N5O2. The molecule has 0 radical (unpaired) electrons. The number of carbonyl (C=O) groups excluding carboxylic acids is 1. The standard InChI is InChI=1S/C27H29N5O2/c1-3-7-26(33)29-23-15-21-16-24(17-23)30-27-28-11-10-25(31-27)22-9-6-8-20(14-22)19-34-13-5-4-12-32(2)18-21/h3-11,14-17H,12-13,18-19H2,1-2H3,(H,29,33)(H,28,30,31)/b5-4+,7-3+. The Morgan fingerprint density at radius 1 is 1.15 bits per heavy atom. The van der Waals surface area contributed by atoms with Gasteiger partial charge in [0.25, 0.3) is 0 Å². The SMILES string of the molecule is C/C=C/C(=O)Nc1cc2cc(c1)Nc1nccc(n1)-c1cccc(c1)COC/C=C/CN(C)C2. The van der Waals surface area contributed by atoms with E-state index >= 15 is 0 Å².